The first kappa shape index (κ1) is 24.3. The second-order valence-corrected chi connectivity index (χ2v) is 12.8. The lowest BCUT2D eigenvalue weighted by molar-refractivity contribution is -0.115. The van der Waals surface area contributed by atoms with E-state index in [-0.39, 0.29) is 5.92 Å². The number of aromatic nitrogens is 1. The molecule has 0 spiro atoms. The maximum atomic E-state index is 12.8. The number of piperazine rings is 1. The Morgan fingerprint density at radius 1 is 0.947 bits per heavy atom. The molecule has 4 nitrogen and oxygen atoms in total. The first-order chi connectivity index (χ1) is 18.6. The van der Waals surface area contributed by atoms with Crippen LogP contribution in [0.3, 0.4) is 0 Å². The van der Waals surface area contributed by atoms with Crippen LogP contribution in [0.2, 0.25) is 0 Å². The van der Waals surface area contributed by atoms with Crippen LogP contribution in [0.15, 0.2) is 71.6 Å². The average molecular weight is 508 g/mol. The number of nitrogens with zero attached hydrogens (tertiary/aromatic N) is 3. The molecular formula is C34H41N3O. The maximum absolute atomic E-state index is 12.8. The Balaban J connectivity index is 1.08. The van der Waals surface area contributed by atoms with Gasteiger partial charge in [-0.25, -0.2) is 0 Å². The topological polar surface area (TPSA) is 36.4 Å². The lowest BCUT2D eigenvalue weighted by Crippen LogP contribution is -2.45. The summed E-state index contributed by atoms with van der Waals surface area (Å²) in [6.45, 7) is 7.83. The van der Waals surface area contributed by atoms with E-state index in [2.05, 4.69) is 58.1 Å². The molecule has 4 aliphatic carbocycles. The van der Waals surface area contributed by atoms with Crippen molar-refractivity contribution in [2.75, 3.05) is 31.1 Å². The highest BCUT2D eigenvalue weighted by atomic mass is 16.1. The summed E-state index contributed by atoms with van der Waals surface area (Å²) in [5, 5.41) is 0. The fraction of sp³-hybridized carbons (Fsp3) is 0.529. The van der Waals surface area contributed by atoms with E-state index >= 15 is 0 Å². The Labute approximate surface area is 227 Å². The highest BCUT2D eigenvalue weighted by molar-refractivity contribution is 5.94. The van der Waals surface area contributed by atoms with Gasteiger partial charge < -0.3 is 4.90 Å². The minimum absolute atomic E-state index is 0.254. The Kier molecular flexibility index (Phi) is 6.27. The highest BCUT2D eigenvalue weighted by Gasteiger charge is 2.49. The van der Waals surface area contributed by atoms with Crippen molar-refractivity contribution in [3.63, 3.8) is 0 Å². The molecule has 3 fully saturated rings. The average Bonchev–Trinajstić information content (AvgIpc) is 3.35. The van der Waals surface area contributed by atoms with E-state index in [4.69, 9.17) is 0 Å². The summed E-state index contributed by atoms with van der Waals surface area (Å²) >= 11 is 0. The van der Waals surface area contributed by atoms with E-state index in [9.17, 15) is 4.79 Å². The zero-order valence-electron chi connectivity index (χ0n) is 22.9. The second kappa shape index (κ2) is 9.79. The summed E-state index contributed by atoms with van der Waals surface area (Å²) in [4.78, 5) is 22.0. The van der Waals surface area contributed by atoms with E-state index in [0.29, 0.717) is 17.6 Å². The number of rotatable bonds is 4. The molecule has 1 unspecified atom stereocenters. The normalized spacial score (nSPS) is 31.5. The lowest BCUT2D eigenvalue weighted by Gasteiger charge is -2.48. The first-order valence-electron chi connectivity index (χ1n) is 15.0. The molecule has 2 saturated carbocycles. The summed E-state index contributed by atoms with van der Waals surface area (Å²) in [6.07, 6.45) is 15.6. The van der Waals surface area contributed by atoms with Crippen molar-refractivity contribution < 1.29 is 4.79 Å². The van der Waals surface area contributed by atoms with E-state index < -0.39 is 0 Å². The molecule has 5 aliphatic rings. The predicted octanol–water partition coefficient (Wildman–Crippen LogP) is 6.69. The van der Waals surface area contributed by atoms with E-state index in [0.717, 1.165) is 51.0 Å². The van der Waals surface area contributed by atoms with Crippen LogP contribution in [0, 0.1) is 17.3 Å². The molecule has 0 radical (unpaired) electrons. The molecule has 1 aromatic carbocycles. The van der Waals surface area contributed by atoms with Crippen LogP contribution >= 0.6 is 0 Å². The summed E-state index contributed by atoms with van der Waals surface area (Å²) in [6, 6.07) is 13.5. The van der Waals surface area contributed by atoms with Gasteiger partial charge in [0.05, 0.1) is 0 Å². The molecule has 7 rings (SSSR count). The van der Waals surface area contributed by atoms with Gasteiger partial charge in [-0.3, -0.25) is 14.7 Å². The van der Waals surface area contributed by atoms with Crippen LogP contribution in [0.1, 0.15) is 75.3 Å². The number of anilines is 1. The van der Waals surface area contributed by atoms with Gasteiger partial charge in [0.1, 0.15) is 0 Å². The largest absolute Gasteiger partial charge is 0.369 e. The summed E-state index contributed by atoms with van der Waals surface area (Å²) < 4.78 is 0. The van der Waals surface area contributed by atoms with Crippen molar-refractivity contribution in [2.24, 2.45) is 17.3 Å². The monoisotopic (exact) mass is 507 g/mol. The lowest BCUT2D eigenvalue weighted by atomic mass is 9.56. The number of hydrogen-bond donors (Lipinski definition) is 0. The summed E-state index contributed by atoms with van der Waals surface area (Å²) in [7, 11) is 0. The van der Waals surface area contributed by atoms with Crippen molar-refractivity contribution >= 4 is 11.5 Å². The maximum Gasteiger partial charge on any atom is 0.156 e. The highest BCUT2D eigenvalue weighted by Crippen LogP contribution is 2.61. The van der Waals surface area contributed by atoms with Gasteiger partial charge in [0.25, 0.3) is 0 Å². The Morgan fingerprint density at radius 2 is 1.74 bits per heavy atom. The smallest absolute Gasteiger partial charge is 0.156 e. The van der Waals surface area contributed by atoms with Crippen molar-refractivity contribution in [1.82, 2.24) is 9.88 Å². The van der Waals surface area contributed by atoms with Gasteiger partial charge in [0.15, 0.2) is 5.78 Å². The van der Waals surface area contributed by atoms with Gasteiger partial charge in [-0.2, -0.15) is 0 Å². The SMILES string of the molecule is C[C@@]12CCC[C@H]1[C@@H]1CCC3=CC(=O)CC(c4ccc(CN5CCN(c6ccncc6)CC5)cc4)C3=C1CC2. The van der Waals surface area contributed by atoms with Gasteiger partial charge in [0, 0.05) is 63.1 Å². The number of ketones is 1. The number of carbonyl (C=O) groups is 1. The van der Waals surface area contributed by atoms with Crippen LogP contribution in [0.4, 0.5) is 5.69 Å². The van der Waals surface area contributed by atoms with E-state index in [1.165, 1.54) is 60.9 Å². The third-order valence-electron chi connectivity index (χ3n) is 10.8. The van der Waals surface area contributed by atoms with Gasteiger partial charge >= 0.3 is 0 Å². The fourth-order valence-corrected chi connectivity index (χ4v) is 8.74. The quantitative estimate of drug-likeness (QED) is 0.462. The number of hydrogen-bond acceptors (Lipinski definition) is 4. The molecule has 2 heterocycles. The Morgan fingerprint density at radius 3 is 2.53 bits per heavy atom. The Bertz CT molecular complexity index is 1250. The van der Waals surface area contributed by atoms with Gasteiger partial charge in [-0.05, 0) is 96.3 Å². The Hall–Kier alpha value is -2.72. The van der Waals surface area contributed by atoms with Crippen molar-refractivity contribution in [2.45, 2.75) is 70.8 Å². The molecule has 1 aromatic heterocycles. The predicted molar refractivity (Wildman–Crippen MR) is 153 cm³/mol. The van der Waals surface area contributed by atoms with Gasteiger partial charge in [-0.1, -0.05) is 43.2 Å². The molecule has 2 aromatic rings. The second-order valence-electron chi connectivity index (χ2n) is 12.8. The van der Waals surface area contributed by atoms with E-state index in [1.54, 1.807) is 11.1 Å². The minimum atomic E-state index is 0.254. The first-order valence-corrected chi connectivity index (χ1v) is 15.0. The molecule has 0 bridgehead atoms. The molecule has 0 N–H and O–H groups in total. The minimum Gasteiger partial charge on any atom is -0.369 e. The third kappa shape index (κ3) is 4.35. The zero-order chi connectivity index (χ0) is 25.7. The molecule has 4 heteroatoms. The number of benzene rings is 1. The standard InChI is InChI=1S/C34H41N3O/c1-34-13-2-3-32(34)29-9-8-26-21-28(38)22-31(33(26)30(29)10-14-34)25-6-4-24(5-7-25)23-36-17-19-37(20-18-36)27-11-15-35-16-12-27/h4-7,11-12,15-16,21,29,31-32H,2-3,8-10,13-14,17-20,22-23H2,1H3/t29-,31?,32+,34+/m1/s1. The fourth-order valence-electron chi connectivity index (χ4n) is 8.74. The van der Waals surface area contributed by atoms with Crippen LogP contribution in [0.5, 0.6) is 0 Å². The van der Waals surface area contributed by atoms with Gasteiger partial charge in [-0.15, -0.1) is 0 Å². The number of fused-ring (bicyclic) bond motifs is 4. The van der Waals surface area contributed by atoms with Crippen LogP contribution in [-0.4, -0.2) is 41.8 Å². The summed E-state index contributed by atoms with van der Waals surface area (Å²) in [5.41, 5.74) is 9.24. The van der Waals surface area contributed by atoms with Gasteiger partial charge in [0.2, 0.25) is 0 Å². The van der Waals surface area contributed by atoms with Crippen LogP contribution < -0.4 is 4.90 Å². The molecular weight excluding hydrogens is 466 g/mol. The number of allylic oxidation sites excluding steroid dienone is 4. The molecule has 0 amide bonds. The van der Waals surface area contributed by atoms with Crippen molar-refractivity contribution in [3.05, 3.63) is 82.7 Å². The molecule has 38 heavy (non-hydrogen) atoms. The third-order valence-corrected chi connectivity index (χ3v) is 10.8. The van der Waals surface area contributed by atoms with Crippen molar-refractivity contribution in [3.8, 4) is 0 Å². The summed E-state index contributed by atoms with van der Waals surface area (Å²) in [5.74, 6) is 2.19. The number of pyridine rings is 1. The molecule has 198 valence electrons. The van der Waals surface area contributed by atoms with Crippen LogP contribution in [-0.2, 0) is 11.3 Å². The molecule has 1 saturated heterocycles. The van der Waals surface area contributed by atoms with Crippen molar-refractivity contribution in [1.29, 1.82) is 0 Å². The zero-order valence-corrected chi connectivity index (χ0v) is 22.9. The van der Waals surface area contributed by atoms with E-state index in [1.807, 2.05) is 18.5 Å². The number of carbonyl (C=O) groups excluding carboxylic acids is 1. The van der Waals surface area contributed by atoms with Crippen LogP contribution in [0.25, 0.3) is 0 Å². The molecule has 4 atom stereocenters. The molecule has 1 aliphatic heterocycles.